The van der Waals surface area contributed by atoms with Gasteiger partial charge in [-0.15, -0.1) is 0 Å². The number of hydrogen-bond acceptors (Lipinski definition) is 3. The molecule has 104 valence electrons. The van der Waals surface area contributed by atoms with Crippen LogP contribution in [0, 0.1) is 11.3 Å². The summed E-state index contributed by atoms with van der Waals surface area (Å²) in [5.41, 5.74) is 1.74. The Bertz CT molecular complexity index is 400. The zero-order valence-electron chi connectivity index (χ0n) is 11.5. The van der Waals surface area contributed by atoms with Crippen LogP contribution in [0.1, 0.15) is 18.4 Å². The van der Waals surface area contributed by atoms with E-state index in [9.17, 15) is 5.11 Å². The fraction of sp³-hybridized carbons (Fsp3) is 0.625. The van der Waals surface area contributed by atoms with Gasteiger partial charge >= 0.3 is 0 Å². The Labute approximate surface area is 115 Å². The first-order chi connectivity index (χ1) is 9.32. The van der Waals surface area contributed by atoms with Gasteiger partial charge in [0.25, 0.3) is 0 Å². The Morgan fingerprint density at radius 1 is 1.21 bits per heavy atom. The molecule has 1 atom stereocenters. The molecular weight excluding hydrogens is 236 g/mol. The maximum absolute atomic E-state index is 9.72. The van der Waals surface area contributed by atoms with Crippen molar-refractivity contribution in [2.24, 2.45) is 11.3 Å². The second kappa shape index (κ2) is 5.61. The average Bonchev–Trinajstić information content (AvgIpc) is 2.78. The Balaban J connectivity index is 1.69. The SMILES string of the molecule is OCC1CN(Cc2ccccc2)CC12CCNCC2. The summed E-state index contributed by atoms with van der Waals surface area (Å²) in [5, 5.41) is 13.2. The fourth-order valence-corrected chi connectivity index (χ4v) is 3.85. The van der Waals surface area contributed by atoms with Gasteiger partial charge in [-0.2, -0.15) is 0 Å². The predicted octanol–water partition coefficient (Wildman–Crippen LogP) is 1.48. The second-order valence-corrected chi connectivity index (χ2v) is 6.15. The van der Waals surface area contributed by atoms with Crippen LogP contribution in [-0.4, -0.2) is 42.8 Å². The quantitative estimate of drug-likeness (QED) is 0.864. The Morgan fingerprint density at radius 2 is 1.95 bits per heavy atom. The van der Waals surface area contributed by atoms with Crippen LogP contribution in [0.5, 0.6) is 0 Å². The highest BCUT2D eigenvalue weighted by atomic mass is 16.3. The molecule has 1 aromatic carbocycles. The van der Waals surface area contributed by atoms with Crippen molar-refractivity contribution in [2.45, 2.75) is 19.4 Å². The molecule has 0 bridgehead atoms. The highest BCUT2D eigenvalue weighted by Crippen LogP contribution is 2.43. The van der Waals surface area contributed by atoms with Gasteiger partial charge < -0.3 is 10.4 Å². The van der Waals surface area contributed by atoms with Gasteiger partial charge in [0, 0.05) is 32.2 Å². The molecule has 0 aliphatic carbocycles. The maximum Gasteiger partial charge on any atom is 0.0477 e. The molecule has 3 rings (SSSR count). The number of rotatable bonds is 3. The molecule has 0 radical (unpaired) electrons. The third-order valence-corrected chi connectivity index (χ3v) is 4.95. The molecule has 1 spiro atoms. The van der Waals surface area contributed by atoms with E-state index < -0.39 is 0 Å². The minimum Gasteiger partial charge on any atom is -0.396 e. The summed E-state index contributed by atoms with van der Waals surface area (Å²) in [4.78, 5) is 2.53. The van der Waals surface area contributed by atoms with Crippen molar-refractivity contribution in [1.82, 2.24) is 10.2 Å². The van der Waals surface area contributed by atoms with Gasteiger partial charge in [0.2, 0.25) is 0 Å². The van der Waals surface area contributed by atoms with Crippen LogP contribution in [0.2, 0.25) is 0 Å². The summed E-state index contributed by atoms with van der Waals surface area (Å²) in [7, 11) is 0. The van der Waals surface area contributed by atoms with E-state index in [0.717, 1.165) is 32.7 Å². The normalized spacial score (nSPS) is 26.9. The van der Waals surface area contributed by atoms with Crippen molar-refractivity contribution in [2.75, 3.05) is 32.8 Å². The number of benzene rings is 1. The molecule has 2 fully saturated rings. The summed E-state index contributed by atoms with van der Waals surface area (Å²) >= 11 is 0. The summed E-state index contributed by atoms with van der Waals surface area (Å²) in [6, 6.07) is 10.7. The molecule has 1 aromatic rings. The Hall–Kier alpha value is -0.900. The van der Waals surface area contributed by atoms with E-state index >= 15 is 0 Å². The van der Waals surface area contributed by atoms with Crippen LogP contribution >= 0.6 is 0 Å². The minimum atomic E-state index is 0.339. The maximum atomic E-state index is 9.72. The number of nitrogens with one attached hydrogen (secondary N) is 1. The molecule has 3 nitrogen and oxygen atoms in total. The summed E-state index contributed by atoms with van der Waals surface area (Å²) in [6.07, 6.45) is 2.42. The van der Waals surface area contributed by atoms with Crippen LogP contribution in [-0.2, 0) is 6.54 Å². The van der Waals surface area contributed by atoms with Gasteiger partial charge in [-0.1, -0.05) is 30.3 Å². The van der Waals surface area contributed by atoms with Crippen molar-refractivity contribution in [3.8, 4) is 0 Å². The van der Waals surface area contributed by atoms with Gasteiger partial charge in [0.15, 0.2) is 0 Å². The highest BCUT2D eigenvalue weighted by Gasteiger charge is 2.46. The summed E-state index contributed by atoms with van der Waals surface area (Å²) in [5.74, 6) is 0.457. The zero-order chi connectivity index (χ0) is 13.1. The Kier molecular flexibility index (Phi) is 3.87. The van der Waals surface area contributed by atoms with Crippen molar-refractivity contribution in [1.29, 1.82) is 0 Å². The van der Waals surface area contributed by atoms with Crippen molar-refractivity contribution >= 4 is 0 Å². The number of aliphatic hydroxyl groups excluding tert-OH is 1. The molecule has 0 aromatic heterocycles. The molecule has 0 saturated carbocycles. The molecule has 2 N–H and O–H groups in total. The standard InChI is InChI=1S/C16H24N2O/c19-12-15-11-18(10-14-4-2-1-3-5-14)13-16(15)6-8-17-9-7-16/h1-5,15,17,19H,6-13H2. The van der Waals surface area contributed by atoms with Crippen LogP contribution in [0.15, 0.2) is 30.3 Å². The molecule has 19 heavy (non-hydrogen) atoms. The van der Waals surface area contributed by atoms with E-state index in [4.69, 9.17) is 0 Å². The van der Waals surface area contributed by atoms with E-state index in [2.05, 4.69) is 40.5 Å². The molecule has 2 aliphatic heterocycles. The molecule has 0 amide bonds. The van der Waals surface area contributed by atoms with Crippen LogP contribution in [0.3, 0.4) is 0 Å². The van der Waals surface area contributed by atoms with Gasteiger partial charge in [0.05, 0.1) is 0 Å². The molecule has 2 saturated heterocycles. The number of aliphatic hydroxyl groups is 1. The number of hydrogen-bond donors (Lipinski definition) is 2. The molecular formula is C16H24N2O. The number of piperidine rings is 1. The van der Waals surface area contributed by atoms with E-state index in [0.29, 0.717) is 17.9 Å². The first-order valence-corrected chi connectivity index (χ1v) is 7.40. The fourth-order valence-electron chi connectivity index (χ4n) is 3.85. The summed E-state index contributed by atoms with van der Waals surface area (Å²) < 4.78 is 0. The second-order valence-electron chi connectivity index (χ2n) is 6.15. The lowest BCUT2D eigenvalue weighted by Gasteiger charge is -2.38. The van der Waals surface area contributed by atoms with Crippen molar-refractivity contribution < 1.29 is 5.11 Å². The van der Waals surface area contributed by atoms with Gasteiger partial charge in [-0.05, 0) is 36.9 Å². The predicted molar refractivity (Wildman–Crippen MR) is 76.8 cm³/mol. The lowest BCUT2D eigenvalue weighted by atomic mass is 9.71. The third kappa shape index (κ3) is 2.69. The molecule has 3 heteroatoms. The van der Waals surface area contributed by atoms with Gasteiger partial charge in [-0.3, -0.25) is 4.90 Å². The van der Waals surface area contributed by atoms with Crippen LogP contribution < -0.4 is 5.32 Å². The highest BCUT2D eigenvalue weighted by molar-refractivity contribution is 5.15. The van der Waals surface area contributed by atoms with Gasteiger partial charge in [0.1, 0.15) is 0 Å². The van der Waals surface area contributed by atoms with E-state index in [1.54, 1.807) is 0 Å². The topological polar surface area (TPSA) is 35.5 Å². The minimum absolute atomic E-state index is 0.339. The monoisotopic (exact) mass is 260 g/mol. The first-order valence-electron chi connectivity index (χ1n) is 7.40. The average molecular weight is 260 g/mol. The molecule has 2 heterocycles. The number of nitrogens with zero attached hydrogens (tertiary/aromatic N) is 1. The molecule has 2 aliphatic rings. The molecule has 1 unspecified atom stereocenters. The lowest BCUT2D eigenvalue weighted by Crippen LogP contribution is -2.42. The van der Waals surface area contributed by atoms with E-state index in [1.807, 2.05) is 0 Å². The third-order valence-electron chi connectivity index (χ3n) is 4.95. The van der Waals surface area contributed by atoms with Crippen LogP contribution in [0.25, 0.3) is 0 Å². The number of likely N-dealkylation sites (tertiary alicyclic amines) is 1. The smallest absolute Gasteiger partial charge is 0.0477 e. The largest absolute Gasteiger partial charge is 0.396 e. The van der Waals surface area contributed by atoms with Crippen molar-refractivity contribution in [3.63, 3.8) is 0 Å². The summed E-state index contributed by atoms with van der Waals surface area (Å²) in [6.45, 7) is 5.77. The Morgan fingerprint density at radius 3 is 2.63 bits per heavy atom. The van der Waals surface area contributed by atoms with Crippen molar-refractivity contribution in [3.05, 3.63) is 35.9 Å². The van der Waals surface area contributed by atoms with E-state index in [1.165, 1.54) is 18.4 Å². The van der Waals surface area contributed by atoms with Crippen LogP contribution in [0.4, 0.5) is 0 Å². The van der Waals surface area contributed by atoms with E-state index in [-0.39, 0.29) is 0 Å². The first kappa shape index (κ1) is 13.1. The lowest BCUT2D eigenvalue weighted by molar-refractivity contribution is 0.0984. The zero-order valence-corrected chi connectivity index (χ0v) is 11.5. The van der Waals surface area contributed by atoms with Gasteiger partial charge in [-0.25, -0.2) is 0 Å².